The van der Waals surface area contributed by atoms with E-state index in [9.17, 15) is 14.9 Å². The van der Waals surface area contributed by atoms with E-state index >= 15 is 0 Å². The maximum atomic E-state index is 12.7. The number of carbonyl (C=O) groups excluding carboxylic acids is 1. The Morgan fingerprint density at radius 2 is 1.78 bits per heavy atom. The van der Waals surface area contributed by atoms with Crippen LogP contribution in [0.2, 0.25) is 0 Å². The Balaban J connectivity index is 1.50. The summed E-state index contributed by atoms with van der Waals surface area (Å²) in [4.78, 5) is 25.0. The predicted molar refractivity (Wildman–Crippen MR) is 141 cm³/mol. The maximum absolute atomic E-state index is 12.7. The fourth-order valence-corrected chi connectivity index (χ4v) is 3.79. The molecule has 0 saturated carbocycles. The number of nitrogens with one attached hydrogen (secondary N) is 2. The maximum Gasteiger partial charge on any atom is 0.311 e. The molecule has 1 heterocycles. The number of nitro benzene ring substituents is 1. The molecule has 0 aliphatic carbocycles. The number of rotatable bonds is 7. The molecule has 0 radical (unpaired) electrons. The standard InChI is InChI=1S/C25H24N6O4S/c1-4-16-6-9-18(10-7-16)30-28-20-12-15(3)19(14-21(20)29-30)26-25(36)27-24(32)17-8-11-23(35-5-2)22(13-17)31(33)34/h6-14H,4-5H2,1-3H3,(H2,26,27,32,36). The number of hydrogen-bond acceptors (Lipinski definition) is 7. The Morgan fingerprint density at radius 3 is 2.42 bits per heavy atom. The largest absolute Gasteiger partial charge is 0.487 e. The Morgan fingerprint density at radius 1 is 1.08 bits per heavy atom. The molecule has 0 atom stereocenters. The van der Waals surface area contributed by atoms with Gasteiger partial charge in [0, 0.05) is 17.3 Å². The van der Waals surface area contributed by atoms with Crippen LogP contribution in [0.15, 0.2) is 54.6 Å². The fraction of sp³-hybridized carbons (Fsp3) is 0.200. The van der Waals surface area contributed by atoms with Gasteiger partial charge in [0.15, 0.2) is 10.9 Å². The molecule has 10 nitrogen and oxygen atoms in total. The minimum atomic E-state index is -0.595. The quantitative estimate of drug-likeness (QED) is 0.210. The lowest BCUT2D eigenvalue weighted by Gasteiger charge is -2.12. The van der Waals surface area contributed by atoms with Crippen LogP contribution in [0.3, 0.4) is 0 Å². The first-order valence-electron chi connectivity index (χ1n) is 11.3. The number of carbonyl (C=O) groups is 1. The molecule has 1 aromatic heterocycles. The first-order valence-corrected chi connectivity index (χ1v) is 11.7. The number of nitrogens with zero attached hydrogens (tertiary/aromatic N) is 4. The highest BCUT2D eigenvalue weighted by molar-refractivity contribution is 7.80. The van der Waals surface area contributed by atoms with Gasteiger partial charge in [-0.2, -0.15) is 4.80 Å². The second-order valence-electron chi connectivity index (χ2n) is 7.95. The van der Waals surface area contributed by atoms with Crippen molar-refractivity contribution >= 4 is 45.6 Å². The average molecular weight is 505 g/mol. The predicted octanol–water partition coefficient (Wildman–Crippen LogP) is 4.73. The number of benzene rings is 3. The van der Waals surface area contributed by atoms with E-state index in [1.54, 1.807) is 17.8 Å². The normalized spacial score (nSPS) is 10.8. The van der Waals surface area contributed by atoms with Gasteiger partial charge in [-0.1, -0.05) is 19.1 Å². The summed E-state index contributed by atoms with van der Waals surface area (Å²) in [7, 11) is 0. The number of thiocarbonyl (C=S) groups is 1. The van der Waals surface area contributed by atoms with Crippen LogP contribution in [0.25, 0.3) is 16.7 Å². The molecule has 0 aliphatic heterocycles. The number of ether oxygens (including phenoxy) is 1. The first-order chi connectivity index (χ1) is 17.3. The van der Waals surface area contributed by atoms with Crippen LogP contribution in [-0.2, 0) is 6.42 Å². The lowest BCUT2D eigenvalue weighted by Crippen LogP contribution is -2.34. The van der Waals surface area contributed by atoms with Crippen molar-refractivity contribution in [3.05, 3.63) is 81.4 Å². The van der Waals surface area contributed by atoms with E-state index in [2.05, 4.69) is 27.8 Å². The number of fused-ring (bicyclic) bond motifs is 1. The summed E-state index contributed by atoms with van der Waals surface area (Å²) in [6.45, 7) is 5.97. The summed E-state index contributed by atoms with van der Waals surface area (Å²) < 4.78 is 5.26. The fourth-order valence-electron chi connectivity index (χ4n) is 3.59. The molecule has 4 rings (SSSR count). The number of hydrogen-bond donors (Lipinski definition) is 2. The number of aromatic nitrogens is 3. The highest BCUT2D eigenvalue weighted by Gasteiger charge is 2.19. The molecule has 4 aromatic rings. The topological polar surface area (TPSA) is 124 Å². The summed E-state index contributed by atoms with van der Waals surface area (Å²) in [6.07, 6.45) is 0.953. The molecular weight excluding hydrogens is 480 g/mol. The van der Waals surface area contributed by atoms with Crippen LogP contribution < -0.4 is 15.4 Å². The molecule has 2 N–H and O–H groups in total. The molecule has 0 unspecified atom stereocenters. The number of amides is 1. The van der Waals surface area contributed by atoms with Crippen LogP contribution in [0.5, 0.6) is 5.75 Å². The van der Waals surface area contributed by atoms with Gasteiger partial charge >= 0.3 is 5.69 Å². The minimum Gasteiger partial charge on any atom is -0.487 e. The molecule has 3 aromatic carbocycles. The zero-order valence-electron chi connectivity index (χ0n) is 19.9. The van der Waals surface area contributed by atoms with Gasteiger partial charge < -0.3 is 10.1 Å². The van der Waals surface area contributed by atoms with E-state index in [1.165, 1.54) is 17.7 Å². The van der Waals surface area contributed by atoms with Gasteiger partial charge in [-0.3, -0.25) is 20.2 Å². The molecule has 0 spiro atoms. The first kappa shape index (κ1) is 24.7. The third-order valence-electron chi connectivity index (χ3n) is 5.49. The molecule has 0 fully saturated rings. The van der Waals surface area contributed by atoms with E-state index < -0.39 is 10.8 Å². The smallest absolute Gasteiger partial charge is 0.311 e. The molecule has 0 bridgehead atoms. The van der Waals surface area contributed by atoms with Gasteiger partial charge in [0.1, 0.15) is 11.0 Å². The van der Waals surface area contributed by atoms with E-state index in [1.807, 2.05) is 37.3 Å². The van der Waals surface area contributed by atoms with Crippen molar-refractivity contribution in [2.45, 2.75) is 27.2 Å². The van der Waals surface area contributed by atoms with Crippen LogP contribution in [-0.4, -0.2) is 37.5 Å². The summed E-state index contributed by atoms with van der Waals surface area (Å²) in [5, 5.41) is 26.1. The molecule has 1 amide bonds. The number of anilines is 1. The molecule has 36 heavy (non-hydrogen) atoms. The van der Waals surface area contributed by atoms with Gasteiger partial charge in [0.2, 0.25) is 0 Å². The molecule has 11 heteroatoms. The Labute approximate surface area is 212 Å². The van der Waals surface area contributed by atoms with Crippen molar-refractivity contribution in [3.63, 3.8) is 0 Å². The summed E-state index contributed by atoms with van der Waals surface area (Å²) in [5.74, 6) is -0.489. The average Bonchev–Trinajstić information content (AvgIpc) is 3.27. The zero-order valence-corrected chi connectivity index (χ0v) is 20.8. The zero-order chi connectivity index (χ0) is 25.8. The Hall–Kier alpha value is -4.38. The monoisotopic (exact) mass is 504 g/mol. The van der Waals surface area contributed by atoms with E-state index in [-0.39, 0.29) is 28.7 Å². The third kappa shape index (κ3) is 5.31. The van der Waals surface area contributed by atoms with Crippen molar-refractivity contribution in [1.29, 1.82) is 0 Å². The van der Waals surface area contributed by atoms with Gasteiger partial charge in [-0.25, -0.2) is 0 Å². The van der Waals surface area contributed by atoms with E-state index in [4.69, 9.17) is 17.0 Å². The second-order valence-corrected chi connectivity index (χ2v) is 8.35. The third-order valence-corrected chi connectivity index (χ3v) is 5.70. The van der Waals surface area contributed by atoms with Crippen LogP contribution >= 0.6 is 12.2 Å². The number of nitro groups is 1. The summed E-state index contributed by atoms with van der Waals surface area (Å²) in [6, 6.07) is 15.7. The van der Waals surface area contributed by atoms with Crippen LogP contribution in [0.4, 0.5) is 11.4 Å². The van der Waals surface area contributed by atoms with Crippen molar-refractivity contribution in [2.75, 3.05) is 11.9 Å². The lowest BCUT2D eigenvalue weighted by atomic mass is 10.1. The van der Waals surface area contributed by atoms with Crippen molar-refractivity contribution in [2.24, 2.45) is 0 Å². The van der Waals surface area contributed by atoms with Gasteiger partial charge in [0.05, 0.1) is 17.2 Å². The Bertz CT molecular complexity index is 1470. The SMILES string of the molecule is CCOc1ccc(C(=O)NC(=S)Nc2cc3nn(-c4ccc(CC)cc4)nc3cc2C)cc1[N+](=O)[O-]. The second kappa shape index (κ2) is 10.5. The molecule has 184 valence electrons. The van der Waals surface area contributed by atoms with Gasteiger partial charge in [0.25, 0.3) is 5.91 Å². The molecule has 0 saturated heterocycles. The van der Waals surface area contributed by atoms with E-state index in [0.29, 0.717) is 16.7 Å². The van der Waals surface area contributed by atoms with Crippen molar-refractivity contribution < 1.29 is 14.5 Å². The molecular formula is C25H24N6O4S. The molecule has 0 aliphatic rings. The summed E-state index contributed by atoms with van der Waals surface area (Å²) >= 11 is 5.31. The van der Waals surface area contributed by atoms with Crippen molar-refractivity contribution in [3.8, 4) is 11.4 Å². The Kier molecular flexibility index (Phi) is 7.20. The van der Waals surface area contributed by atoms with Crippen molar-refractivity contribution in [1.82, 2.24) is 20.3 Å². The summed E-state index contributed by atoms with van der Waals surface area (Å²) in [5.41, 5.74) is 4.74. The lowest BCUT2D eigenvalue weighted by molar-refractivity contribution is -0.385. The van der Waals surface area contributed by atoms with E-state index in [0.717, 1.165) is 23.7 Å². The van der Waals surface area contributed by atoms with Crippen LogP contribution in [0.1, 0.15) is 35.3 Å². The highest BCUT2D eigenvalue weighted by Crippen LogP contribution is 2.28. The number of aryl methyl sites for hydroxylation is 2. The van der Waals surface area contributed by atoms with Gasteiger partial charge in [-0.05, 0) is 80.0 Å². The minimum absolute atomic E-state index is 0.0431. The van der Waals surface area contributed by atoms with Crippen LogP contribution in [0, 0.1) is 17.0 Å². The van der Waals surface area contributed by atoms with Gasteiger partial charge in [-0.15, -0.1) is 10.2 Å². The highest BCUT2D eigenvalue weighted by atomic mass is 32.1.